The first-order valence-corrected chi connectivity index (χ1v) is 9.09. The molecule has 2 saturated heterocycles. The molecule has 3 rings (SSSR count). The van der Waals surface area contributed by atoms with Crippen molar-refractivity contribution >= 4 is 23.6 Å². The van der Waals surface area contributed by atoms with Crippen LogP contribution in [0.5, 0.6) is 0 Å². The summed E-state index contributed by atoms with van der Waals surface area (Å²) in [5.41, 5.74) is 0. The zero-order valence-electron chi connectivity index (χ0n) is 12.7. The number of carbonyl (C=O) groups excluding carboxylic acids is 1. The van der Waals surface area contributed by atoms with Gasteiger partial charge in [-0.2, -0.15) is 11.8 Å². The van der Waals surface area contributed by atoms with Crippen LogP contribution in [0.2, 0.25) is 0 Å². The van der Waals surface area contributed by atoms with Crippen LogP contribution >= 0.6 is 11.8 Å². The normalized spacial score (nSPS) is 25.7. The van der Waals surface area contributed by atoms with Crippen molar-refractivity contribution in [1.82, 2.24) is 20.6 Å². The summed E-state index contributed by atoms with van der Waals surface area (Å²) < 4.78 is 0. The van der Waals surface area contributed by atoms with E-state index in [0.717, 1.165) is 49.9 Å². The first-order valence-electron chi connectivity index (χ1n) is 7.94. The predicted molar refractivity (Wildman–Crippen MR) is 89.1 cm³/mol. The van der Waals surface area contributed by atoms with Crippen LogP contribution in [0.1, 0.15) is 19.3 Å². The van der Waals surface area contributed by atoms with Gasteiger partial charge >= 0.3 is 0 Å². The first-order chi connectivity index (χ1) is 10.8. The Morgan fingerprint density at radius 3 is 3.09 bits per heavy atom. The topological polar surface area (TPSA) is 70.2 Å². The largest absolute Gasteiger partial charge is 0.352 e. The van der Waals surface area contributed by atoms with Gasteiger partial charge in [-0.25, -0.2) is 9.97 Å². The fourth-order valence-electron chi connectivity index (χ4n) is 2.99. The Hall–Kier alpha value is -1.34. The van der Waals surface area contributed by atoms with Gasteiger partial charge in [-0.05, 0) is 18.9 Å². The molecule has 2 aliphatic heterocycles. The monoisotopic (exact) mass is 321 g/mol. The number of thioether (sulfide) groups is 1. The molecule has 0 saturated carbocycles. The Morgan fingerprint density at radius 1 is 1.45 bits per heavy atom. The number of nitrogens with zero attached hydrogens (tertiary/aromatic N) is 3. The highest BCUT2D eigenvalue weighted by Gasteiger charge is 2.24. The van der Waals surface area contributed by atoms with Gasteiger partial charge in [-0.1, -0.05) is 0 Å². The van der Waals surface area contributed by atoms with E-state index in [2.05, 4.69) is 25.5 Å². The predicted octanol–water partition coefficient (Wildman–Crippen LogP) is 0.657. The highest BCUT2D eigenvalue weighted by molar-refractivity contribution is 7.99. The fraction of sp³-hybridized carbons (Fsp3) is 0.667. The summed E-state index contributed by atoms with van der Waals surface area (Å²) in [6.45, 7) is 2.75. The van der Waals surface area contributed by atoms with Crippen molar-refractivity contribution in [2.75, 3.05) is 36.0 Å². The summed E-state index contributed by atoms with van der Waals surface area (Å²) in [5.74, 6) is 3.09. The lowest BCUT2D eigenvalue weighted by molar-refractivity contribution is -0.122. The summed E-state index contributed by atoms with van der Waals surface area (Å²) in [4.78, 5) is 23.0. The van der Waals surface area contributed by atoms with Gasteiger partial charge in [-0.3, -0.25) is 4.79 Å². The number of hydrogen-bond acceptors (Lipinski definition) is 6. The molecule has 0 spiro atoms. The van der Waals surface area contributed by atoms with Gasteiger partial charge < -0.3 is 15.5 Å². The number of piperidine rings is 1. The number of amides is 1. The molecule has 1 amide bonds. The second-order valence-electron chi connectivity index (χ2n) is 5.83. The van der Waals surface area contributed by atoms with Crippen LogP contribution in [0.25, 0.3) is 0 Å². The van der Waals surface area contributed by atoms with E-state index in [1.807, 2.05) is 17.8 Å². The van der Waals surface area contributed by atoms with Crippen LogP contribution in [0.15, 0.2) is 18.5 Å². The van der Waals surface area contributed by atoms with Crippen LogP contribution in [-0.2, 0) is 4.79 Å². The highest BCUT2D eigenvalue weighted by atomic mass is 32.2. The maximum Gasteiger partial charge on any atom is 0.225 e. The van der Waals surface area contributed by atoms with Crippen molar-refractivity contribution in [2.24, 2.45) is 0 Å². The molecule has 22 heavy (non-hydrogen) atoms. The van der Waals surface area contributed by atoms with E-state index in [0.29, 0.717) is 12.5 Å². The van der Waals surface area contributed by atoms with E-state index in [4.69, 9.17) is 0 Å². The lowest BCUT2D eigenvalue weighted by atomic mass is 10.1. The van der Waals surface area contributed by atoms with Crippen molar-refractivity contribution in [1.29, 1.82) is 0 Å². The van der Waals surface area contributed by atoms with Gasteiger partial charge in [0.05, 0.1) is 0 Å². The molecule has 120 valence electrons. The highest BCUT2D eigenvalue weighted by Crippen LogP contribution is 2.16. The summed E-state index contributed by atoms with van der Waals surface area (Å²) in [5, 5.41) is 6.59. The van der Waals surface area contributed by atoms with E-state index in [1.165, 1.54) is 0 Å². The molecule has 1 aromatic rings. The second-order valence-corrected chi connectivity index (χ2v) is 6.98. The van der Waals surface area contributed by atoms with Crippen molar-refractivity contribution in [3.8, 4) is 0 Å². The molecule has 0 aromatic carbocycles. The van der Waals surface area contributed by atoms with Crippen LogP contribution in [0.3, 0.4) is 0 Å². The minimum absolute atomic E-state index is 0.154. The van der Waals surface area contributed by atoms with Crippen LogP contribution < -0.4 is 15.5 Å². The van der Waals surface area contributed by atoms with Gasteiger partial charge in [0.15, 0.2) is 0 Å². The number of rotatable bonds is 4. The molecule has 2 aliphatic rings. The lowest BCUT2D eigenvalue weighted by Gasteiger charge is -2.33. The number of aromatic nitrogens is 2. The third kappa shape index (κ3) is 4.33. The van der Waals surface area contributed by atoms with E-state index < -0.39 is 0 Å². The average Bonchev–Trinajstić information content (AvgIpc) is 2.57. The van der Waals surface area contributed by atoms with E-state index in [1.54, 1.807) is 12.4 Å². The minimum Gasteiger partial charge on any atom is -0.352 e. The van der Waals surface area contributed by atoms with Gasteiger partial charge in [0, 0.05) is 62.0 Å². The molecule has 2 atom stereocenters. The van der Waals surface area contributed by atoms with E-state index >= 15 is 0 Å². The number of hydrogen-bond donors (Lipinski definition) is 2. The number of anilines is 1. The maximum atomic E-state index is 12.2. The Labute approximate surface area is 135 Å². The molecule has 6 nitrogen and oxygen atoms in total. The average molecular weight is 321 g/mol. The molecule has 7 heteroatoms. The fourth-order valence-corrected chi connectivity index (χ4v) is 3.94. The zero-order chi connectivity index (χ0) is 15.2. The van der Waals surface area contributed by atoms with Crippen LogP contribution in [0.4, 0.5) is 5.95 Å². The number of carbonyl (C=O) groups is 1. The smallest absolute Gasteiger partial charge is 0.225 e. The second kappa shape index (κ2) is 7.78. The Kier molecular flexibility index (Phi) is 5.50. The molecular formula is C15H23N5OS. The molecular weight excluding hydrogens is 298 g/mol. The van der Waals surface area contributed by atoms with Gasteiger partial charge in [0.25, 0.3) is 0 Å². The first kappa shape index (κ1) is 15.6. The van der Waals surface area contributed by atoms with Crippen molar-refractivity contribution in [2.45, 2.75) is 31.3 Å². The summed E-state index contributed by atoms with van der Waals surface area (Å²) in [6, 6.07) is 2.33. The summed E-state index contributed by atoms with van der Waals surface area (Å²) >= 11 is 1.92. The molecule has 2 fully saturated rings. The molecule has 0 bridgehead atoms. The number of nitrogens with one attached hydrogen (secondary N) is 2. The van der Waals surface area contributed by atoms with Gasteiger partial charge in [-0.15, -0.1) is 0 Å². The molecule has 3 heterocycles. The molecule has 2 N–H and O–H groups in total. The Balaban J connectivity index is 1.48. The standard InChI is InChI=1S/C15H23N5OS/c21-14(9-13-11-22-8-6-16-13)19-12-3-1-7-20(10-12)15-17-4-2-5-18-15/h2,4-5,12-13,16H,1,3,6-11H2,(H,19,21). The lowest BCUT2D eigenvalue weighted by Crippen LogP contribution is -2.50. The van der Waals surface area contributed by atoms with E-state index in [-0.39, 0.29) is 11.9 Å². The quantitative estimate of drug-likeness (QED) is 0.849. The minimum atomic E-state index is 0.154. The van der Waals surface area contributed by atoms with Crippen molar-refractivity contribution in [3.63, 3.8) is 0 Å². The Bertz CT molecular complexity index is 480. The summed E-state index contributed by atoms with van der Waals surface area (Å²) in [7, 11) is 0. The zero-order valence-corrected chi connectivity index (χ0v) is 13.5. The van der Waals surface area contributed by atoms with Gasteiger partial charge in [0.1, 0.15) is 0 Å². The third-order valence-electron chi connectivity index (χ3n) is 4.05. The molecule has 0 radical (unpaired) electrons. The van der Waals surface area contributed by atoms with Crippen molar-refractivity contribution in [3.05, 3.63) is 18.5 Å². The summed E-state index contributed by atoms with van der Waals surface area (Å²) in [6.07, 6.45) is 6.18. The van der Waals surface area contributed by atoms with Crippen LogP contribution in [-0.4, -0.2) is 59.1 Å². The SMILES string of the molecule is O=C(CC1CSCCN1)NC1CCCN(c2ncccn2)C1. The maximum absolute atomic E-state index is 12.2. The third-order valence-corrected chi connectivity index (χ3v) is 5.18. The van der Waals surface area contributed by atoms with E-state index in [9.17, 15) is 4.79 Å². The van der Waals surface area contributed by atoms with Crippen LogP contribution in [0, 0.1) is 0 Å². The molecule has 0 aliphatic carbocycles. The van der Waals surface area contributed by atoms with Gasteiger partial charge in [0.2, 0.25) is 11.9 Å². The molecule has 2 unspecified atom stereocenters. The molecule has 1 aromatic heterocycles. The van der Waals surface area contributed by atoms with Crippen molar-refractivity contribution < 1.29 is 4.79 Å². The Morgan fingerprint density at radius 2 is 2.32 bits per heavy atom.